The minimum atomic E-state index is -0.776. The molecule has 0 fully saturated rings. The van der Waals surface area contributed by atoms with Gasteiger partial charge in [0.1, 0.15) is 11.8 Å². The number of benzene rings is 2. The molecule has 0 bridgehead atoms. The first kappa shape index (κ1) is 22.9. The standard InChI is InChI=1S/C24H28N2O4/c1-5-7-16-30-19-13-10-12-18(17-19)20-14-8-9-15-21(20)23(27)25-22(11-6-2)24(28)26(3)29-4/h5-6,8-10,12-15,17,22H,1-2,7,11,16H2,3-4H3,(H,25,27)/t22-/m0/s1. The van der Waals surface area contributed by atoms with Crippen molar-refractivity contribution in [3.05, 3.63) is 79.4 Å². The van der Waals surface area contributed by atoms with Crippen LogP contribution in [0.4, 0.5) is 0 Å². The molecule has 2 aromatic rings. The molecule has 2 amide bonds. The first-order valence-electron chi connectivity index (χ1n) is 9.68. The predicted octanol–water partition coefficient (Wildman–Crippen LogP) is 4.00. The predicted molar refractivity (Wildman–Crippen MR) is 118 cm³/mol. The van der Waals surface area contributed by atoms with Crippen molar-refractivity contribution in [1.29, 1.82) is 0 Å². The molecule has 1 N–H and O–H groups in total. The average molecular weight is 408 g/mol. The first-order valence-corrected chi connectivity index (χ1v) is 9.68. The van der Waals surface area contributed by atoms with Crippen molar-refractivity contribution in [2.24, 2.45) is 0 Å². The van der Waals surface area contributed by atoms with E-state index in [1.54, 1.807) is 24.3 Å². The van der Waals surface area contributed by atoms with Gasteiger partial charge in [0.05, 0.1) is 13.7 Å². The first-order chi connectivity index (χ1) is 14.5. The van der Waals surface area contributed by atoms with Gasteiger partial charge in [0.15, 0.2) is 0 Å². The van der Waals surface area contributed by atoms with Crippen molar-refractivity contribution >= 4 is 11.8 Å². The summed E-state index contributed by atoms with van der Waals surface area (Å²) in [5.41, 5.74) is 2.05. The highest BCUT2D eigenvalue weighted by Gasteiger charge is 2.24. The Balaban J connectivity index is 2.28. The minimum absolute atomic E-state index is 0.285. The van der Waals surface area contributed by atoms with Gasteiger partial charge in [-0.3, -0.25) is 14.4 Å². The quantitative estimate of drug-likeness (QED) is 0.347. The number of amides is 2. The summed E-state index contributed by atoms with van der Waals surface area (Å²) in [6.07, 6.45) is 4.42. The summed E-state index contributed by atoms with van der Waals surface area (Å²) >= 11 is 0. The largest absolute Gasteiger partial charge is 0.493 e. The third kappa shape index (κ3) is 6.06. The van der Waals surface area contributed by atoms with Gasteiger partial charge in [-0.25, -0.2) is 5.06 Å². The van der Waals surface area contributed by atoms with Crippen molar-refractivity contribution in [1.82, 2.24) is 10.4 Å². The van der Waals surface area contributed by atoms with Gasteiger partial charge in [0.2, 0.25) is 0 Å². The van der Waals surface area contributed by atoms with Crippen molar-refractivity contribution in [2.45, 2.75) is 18.9 Å². The summed E-state index contributed by atoms with van der Waals surface area (Å²) in [7, 11) is 2.89. The Morgan fingerprint density at radius 3 is 2.60 bits per heavy atom. The van der Waals surface area contributed by atoms with E-state index in [4.69, 9.17) is 9.57 Å². The van der Waals surface area contributed by atoms with Gasteiger partial charge < -0.3 is 10.1 Å². The number of rotatable bonds is 11. The van der Waals surface area contributed by atoms with Crippen molar-refractivity contribution in [3.63, 3.8) is 0 Å². The highest BCUT2D eigenvalue weighted by molar-refractivity contribution is 6.02. The van der Waals surface area contributed by atoms with Crippen LogP contribution in [0.3, 0.4) is 0 Å². The van der Waals surface area contributed by atoms with Crippen molar-refractivity contribution < 1.29 is 19.2 Å². The Labute approximate surface area is 177 Å². The van der Waals surface area contributed by atoms with E-state index < -0.39 is 6.04 Å². The van der Waals surface area contributed by atoms with Crippen molar-refractivity contribution in [2.75, 3.05) is 20.8 Å². The summed E-state index contributed by atoms with van der Waals surface area (Å²) in [6, 6.07) is 14.0. The Morgan fingerprint density at radius 1 is 1.13 bits per heavy atom. The number of ether oxygens (including phenoxy) is 1. The number of hydrogen-bond acceptors (Lipinski definition) is 4. The van der Waals surface area contributed by atoms with Gasteiger partial charge in [-0.15, -0.1) is 13.2 Å². The Hall–Kier alpha value is -3.38. The fraction of sp³-hybridized carbons (Fsp3) is 0.250. The molecule has 30 heavy (non-hydrogen) atoms. The smallest absolute Gasteiger partial charge is 0.268 e. The zero-order chi connectivity index (χ0) is 21.9. The van der Waals surface area contributed by atoms with Gasteiger partial charge in [-0.2, -0.15) is 0 Å². The number of hydroxylamine groups is 2. The zero-order valence-corrected chi connectivity index (χ0v) is 17.5. The van der Waals surface area contributed by atoms with Crippen molar-refractivity contribution in [3.8, 4) is 16.9 Å². The van der Waals surface area contributed by atoms with Crippen LogP contribution >= 0.6 is 0 Å². The Kier molecular flexibility index (Phi) is 8.84. The van der Waals surface area contributed by atoms with Crippen LogP contribution in [0.2, 0.25) is 0 Å². The molecule has 2 aromatic carbocycles. The van der Waals surface area contributed by atoms with Gasteiger partial charge in [-0.05, 0) is 42.2 Å². The second-order valence-electron chi connectivity index (χ2n) is 6.57. The molecule has 0 saturated heterocycles. The minimum Gasteiger partial charge on any atom is -0.493 e. The van der Waals surface area contributed by atoms with Crippen LogP contribution in [0.5, 0.6) is 5.75 Å². The van der Waals surface area contributed by atoms with Crippen LogP contribution in [-0.4, -0.2) is 43.7 Å². The van der Waals surface area contributed by atoms with Crippen LogP contribution in [0, 0.1) is 0 Å². The molecule has 0 aliphatic rings. The molecule has 6 heteroatoms. The maximum atomic E-state index is 13.0. The number of nitrogens with zero attached hydrogens (tertiary/aromatic N) is 1. The summed E-state index contributed by atoms with van der Waals surface area (Å²) in [6.45, 7) is 7.89. The number of nitrogens with one attached hydrogen (secondary N) is 1. The van der Waals surface area contributed by atoms with Gasteiger partial charge in [0, 0.05) is 12.6 Å². The Morgan fingerprint density at radius 2 is 1.90 bits per heavy atom. The van der Waals surface area contributed by atoms with E-state index >= 15 is 0 Å². The molecule has 0 saturated carbocycles. The molecular weight excluding hydrogens is 380 g/mol. The molecule has 1 atom stereocenters. The third-order valence-electron chi connectivity index (χ3n) is 4.50. The lowest BCUT2D eigenvalue weighted by Crippen LogP contribution is -2.46. The molecule has 6 nitrogen and oxygen atoms in total. The molecule has 0 unspecified atom stereocenters. The lowest BCUT2D eigenvalue weighted by molar-refractivity contribution is -0.170. The van der Waals surface area contributed by atoms with E-state index in [1.807, 2.05) is 36.4 Å². The molecule has 0 spiro atoms. The van der Waals surface area contributed by atoms with E-state index in [0.29, 0.717) is 17.9 Å². The molecule has 2 rings (SSSR count). The lowest BCUT2D eigenvalue weighted by atomic mass is 9.98. The maximum Gasteiger partial charge on any atom is 0.268 e. The van der Waals surface area contributed by atoms with E-state index in [1.165, 1.54) is 14.2 Å². The van der Waals surface area contributed by atoms with E-state index in [9.17, 15) is 9.59 Å². The van der Waals surface area contributed by atoms with E-state index in [-0.39, 0.29) is 18.2 Å². The van der Waals surface area contributed by atoms with Crippen LogP contribution in [-0.2, 0) is 9.63 Å². The summed E-state index contributed by atoms with van der Waals surface area (Å²) < 4.78 is 5.73. The fourth-order valence-electron chi connectivity index (χ4n) is 2.88. The topological polar surface area (TPSA) is 67.9 Å². The summed E-state index contributed by atoms with van der Waals surface area (Å²) in [4.78, 5) is 30.5. The second-order valence-corrected chi connectivity index (χ2v) is 6.57. The second kappa shape index (κ2) is 11.6. The van der Waals surface area contributed by atoms with Crippen LogP contribution in [0.25, 0.3) is 11.1 Å². The van der Waals surface area contributed by atoms with Crippen LogP contribution in [0.1, 0.15) is 23.2 Å². The summed E-state index contributed by atoms with van der Waals surface area (Å²) in [5.74, 6) is 0.000112. The zero-order valence-electron chi connectivity index (χ0n) is 17.5. The summed E-state index contributed by atoms with van der Waals surface area (Å²) in [5, 5.41) is 3.88. The fourth-order valence-corrected chi connectivity index (χ4v) is 2.88. The molecule has 0 heterocycles. The van der Waals surface area contributed by atoms with E-state index in [2.05, 4.69) is 18.5 Å². The molecule has 158 valence electrons. The highest BCUT2D eigenvalue weighted by atomic mass is 16.7. The van der Waals surface area contributed by atoms with Gasteiger partial charge in [-0.1, -0.05) is 42.5 Å². The molecular formula is C24H28N2O4. The van der Waals surface area contributed by atoms with Crippen LogP contribution in [0.15, 0.2) is 73.8 Å². The molecule has 0 aliphatic carbocycles. The molecule has 0 radical (unpaired) electrons. The average Bonchev–Trinajstić information content (AvgIpc) is 2.78. The van der Waals surface area contributed by atoms with Gasteiger partial charge in [0.25, 0.3) is 11.8 Å². The van der Waals surface area contributed by atoms with Gasteiger partial charge >= 0.3 is 0 Å². The van der Waals surface area contributed by atoms with E-state index in [0.717, 1.165) is 22.6 Å². The SMILES string of the molecule is C=CCCOc1cccc(-c2ccccc2C(=O)N[C@@H](CC=C)C(=O)N(C)OC)c1. The molecule has 0 aliphatic heterocycles. The third-order valence-corrected chi connectivity index (χ3v) is 4.50. The highest BCUT2D eigenvalue weighted by Crippen LogP contribution is 2.27. The Bertz CT molecular complexity index is 894. The maximum absolute atomic E-state index is 13.0. The number of hydrogen-bond donors (Lipinski definition) is 1. The van der Waals surface area contributed by atoms with Crippen LogP contribution < -0.4 is 10.1 Å². The lowest BCUT2D eigenvalue weighted by Gasteiger charge is -2.22. The number of likely N-dealkylation sites (N-methyl/N-ethyl adjacent to an activating group) is 1. The monoisotopic (exact) mass is 408 g/mol. The number of carbonyl (C=O) groups excluding carboxylic acids is 2. The molecule has 0 aromatic heterocycles. The normalized spacial score (nSPS) is 11.3. The number of carbonyl (C=O) groups is 2.